The molecule has 0 unspecified atom stereocenters. The Kier molecular flexibility index (Phi) is 25.7. The van der Waals surface area contributed by atoms with Gasteiger partial charge in [-0.3, -0.25) is 37.8 Å². The average Bonchev–Trinajstić information content (AvgIpc) is 1.13. The Morgan fingerprint density at radius 3 is 0.985 bits per heavy atom. The molecule has 0 amide bonds. The molecule has 5 aromatic rings. The lowest BCUT2D eigenvalue weighted by atomic mass is 9.48. The molecule has 4 saturated heterocycles. The van der Waals surface area contributed by atoms with E-state index in [0.717, 1.165) is 167 Å². The summed E-state index contributed by atoms with van der Waals surface area (Å²) in [5, 5.41) is 43.7. The molecule has 21 rings (SSSR count). The molecular weight excluding hydrogens is 1710 g/mol. The molecule has 12 atom stereocenters. The normalized spacial score (nSPS) is 34.4. The van der Waals surface area contributed by atoms with Gasteiger partial charge in [0.2, 0.25) is 0 Å². The molecule has 12 aliphatic carbocycles. The van der Waals surface area contributed by atoms with Gasteiger partial charge in [-0.1, -0.05) is 125 Å². The largest absolute Gasteiger partial charge is 0.515 e. The summed E-state index contributed by atoms with van der Waals surface area (Å²) < 4.78 is 59.9. The number of ether oxygens (including phenoxy) is 8. The number of hydrogen-bond acceptors (Lipinski definition) is 18. The Bertz CT molecular complexity index is 5270. The molecule has 756 valence electrons. The van der Waals surface area contributed by atoms with E-state index in [2.05, 4.69) is 262 Å². The molecule has 136 heavy (non-hydrogen) atoms. The first kappa shape index (κ1) is 103. The standard InChI is InChI=1S/3C20H32N2O2.C19H28N2O2.C18H28N2O.C16H24O4/c1-17(2,3)22-15-11-16-18(4,5)20(23-9-10-24-20)8-7-19(16,6)12-14(15)13-21-22;2*1-17(2,3)22-13-14-7-8-15-18(4,5)20(23-11-12-24-20)10-9-19(15,6)16(14)21-22;1-17(2,3)21-10-12-7-8-14-18(4,5)16(23)13(11-22)9-19(14,6)15(12)20-21;1-16(2,3)20-11-12-7-8-13-17(4,5)14(21)9-10-18(13,6)15(12)19-20;1-14(2)12-5-4-11(10-17)13(18)15(12,3)6-7-16(14)19-8-9-20-16/h13,16H,7-12H2,1-6H3;2*13,15H,7-12H2,1-6H3;10-11,14,22H,7-9H2,1-6H3;11,13H,7-10H2,1-6H3;10,12,17H,4-9H2,1-3H3/b;;;13-11-;;11-10+/t16-,19+;2*15-,19-;14-,19-;13-,18-;12-,15-/m000000/s1. The lowest BCUT2D eigenvalue weighted by Crippen LogP contribution is -2.61. The van der Waals surface area contributed by atoms with E-state index in [4.69, 9.17) is 63.4 Å². The van der Waals surface area contributed by atoms with Crippen molar-refractivity contribution in [3.63, 3.8) is 0 Å². The minimum absolute atomic E-state index is 0.000295. The van der Waals surface area contributed by atoms with Gasteiger partial charge in [0.05, 0.1) is 122 Å². The summed E-state index contributed by atoms with van der Waals surface area (Å²) in [4.78, 5) is 37.8. The van der Waals surface area contributed by atoms with Crippen LogP contribution in [0.4, 0.5) is 0 Å². The minimum atomic E-state index is -0.530. The summed E-state index contributed by atoms with van der Waals surface area (Å²) in [5.41, 5.74) is 13.8. The maximum Gasteiger partial charge on any atom is 0.173 e. The first-order valence-corrected chi connectivity index (χ1v) is 52.6. The predicted molar refractivity (Wildman–Crippen MR) is 531 cm³/mol. The van der Waals surface area contributed by atoms with Crippen LogP contribution in [0.1, 0.15) is 394 Å². The van der Waals surface area contributed by atoms with E-state index in [0.29, 0.717) is 78.5 Å². The molecule has 0 radical (unpaired) electrons. The van der Waals surface area contributed by atoms with Crippen molar-refractivity contribution in [2.24, 2.45) is 78.8 Å². The van der Waals surface area contributed by atoms with Gasteiger partial charge in [0.15, 0.2) is 34.7 Å². The number of aromatic nitrogens is 10. The summed E-state index contributed by atoms with van der Waals surface area (Å²) >= 11 is 0. The number of carbonyl (C=O) groups excluding carboxylic acids is 3. The third-order valence-corrected chi connectivity index (χ3v) is 39.1. The van der Waals surface area contributed by atoms with Crippen LogP contribution < -0.4 is 0 Å². The number of aliphatic hydroxyl groups is 2. The van der Waals surface area contributed by atoms with Crippen LogP contribution in [0.5, 0.6) is 0 Å². The Labute approximate surface area is 815 Å². The van der Waals surface area contributed by atoms with E-state index in [1.54, 1.807) is 0 Å². The van der Waals surface area contributed by atoms with E-state index in [-0.39, 0.29) is 117 Å². The molecule has 4 spiro atoms. The lowest BCUT2D eigenvalue weighted by Gasteiger charge is -2.59. The lowest BCUT2D eigenvalue weighted by molar-refractivity contribution is -0.284. The van der Waals surface area contributed by atoms with Gasteiger partial charge >= 0.3 is 0 Å². The fourth-order valence-electron chi connectivity index (χ4n) is 31.1. The number of fused-ring (bicyclic) bond motifs is 15. The second-order valence-corrected chi connectivity index (χ2v) is 54.5. The predicted octanol–water partition coefficient (Wildman–Crippen LogP) is 22.7. The molecule has 23 heteroatoms. The van der Waals surface area contributed by atoms with E-state index in [1.165, 1.54) is 69.9 Å². The zero-order valence-corrected chi connectivity index (χ0v) is 90.3. The summed E-state index contributed by atoms with van der Waals surface area (Å²) in [6.07, 6.45) is 35.6. The molecule has 0 aromatic carbocycles. The summed E-state index contributed by atoms with van der Waals surface area (Å²) in [6, 6.07) is 0. The topological polar surface area (TPSA) is 255 Å². The maximum absolute atomic E-state index is 12.7. The highest BCUT2D eigenvalue weighted by atomic mass is 16.8. The number of rotatable bonds is 0. The highest BCUT2D eigenvalue weighted by molar-refractivity contribution is 6.01. The van der Waals surface area contributed by atoms with Gasteiger partial charge in [0.25, 0.3) is 0 Å². The van der Waals surface area contributed by atoms with Crippen molar-refractivity contribution in [2.75, 3.05) is 52.9 Å². The number of allylic oxidation sites excluding steroid dienone is 2. The van der Waals surface area contributed by atoms with E-state index < -0.39 is 16.6 Å². The Hall–Kier alpha value is -6.18. The first-order chi connectivity index (χ1) is 62.7. The minimum Gasteiger partial charge on any atom is -0.515 e. The van der Waals surface area contributed by atoms with Gasteiger partial charge in [-0.2, -0.15) is 25.5 Å². The summed E-state index contributed by atoms with van der Waals surface area (Å²) in [7, 11) is 0. The number of Topliss-reactive ketones (excluding diaryl/α,β-unsaturated/α-hetero) is 3. The molecule has 23 nitrogen and oxygen atoms in total. The molecule has 9 heterocycles. The third kappa shape index (κ3) is 16.2. The van der Waals surface area contributed by atoms with Crippen molar-refractivity contribution in [2.45, 2.75) is 449 Å². The van der Waals surface area contributed by atoms with Gasteiger partial charge in [-0.25, -0.2) is 0 Å². The number of nitrogens with zero attached hydrogens (tertiary/aromatic N) is 10. The quantitative estimate of drug-likeness (QED) is 0.108. The van der Waals surface area contributed by atoms with Crippen LogP contribution in [0.25, 0.3) is 0 Å². The van der Waals surface area contributed by atoms with Crippen LogP contribution in [0.2, 0.25) is 0 Å². The number of carbonyl (C=O) groups is 3. The molecule has 4 aliphatic heterocycles. The second kappa shape index (κ2) is 34.0. The molecule has 11 fully saturated rings. The smallest absolute Gasteiger partial charge is 0.173 e. The number of aryl methyl sites for hydroxylation is 4. The Morgan fingerprint density at radius 2 is 0.632 bits per heavy atom. The van der Waals surface area contributed by atoms with Gasteiger partial charge in [0.1, 0.15) is 5.78 Å². The van der Waals surface area contributed by atoms with Crippen LogP contribution in [-0.2, 0) is 140 Å². The number of aliphatic hydroxyl groups excluding tert-OH is 2. The molecule has 2 N–H and O–H groups in total. The van der Waals surface area contributed by atoms with Crippen molar-refractivity contribution < 1.29 is 62.5 Å². The van der Waals surface area contributed by atoms with Crippen LogP contribution >= 0.6 is 0 Å². The maximum atomic E-state index is 12.7. The van der Waals surface area contributed by atoms with E-state index in [1.807, 2.05) is 20.8 Å². The SMILES string of the molecule is CC(C)(C)n1cc2c(n1)[C@@]1(C)CCC3(OCCO3)C(C)(C)[C@@H]1CC2.CC(C)(C)n1cc2c(n1)[C@@]1(C)CCC3(OCCO3)C(C)(C)[C@@H]1CC2.CC(C)(C)n1ncc2c1C[C@H]1C(C)(C)C3(CC[C@]1(C)C2)OCCO3.CC1(C)C(=O)/C(=C\O)C[C@]2(C)c3nn(C(C)(C)C)cc3CC[C@@H]12.CC1(C)C(=O)CC[C@]2(C)c3nn(C(C)(C)C)cc3CC[C@@H]12.CC1(C)[C@@H]2CC/C(=C\O)C(=O)[C@@]2(C)CCC12OCCO2. The first-order valence-electron chi connectivity index (χ1n) is 52.6. The zero-order valence-electron chi connectivity index (χ0n) is 90.3. The van der Waals surface area contributed by atoms with Gasteiger partial charge in [-0.05, 0) is 288 Å². The fourth-order valence-corrected chi connectivity index (χ4v) is 31.1. The van der Waals surface area contributed by atoms with Crippen LogP contribution in [0, 0.1) is 78.8 Å². The van der Waals surface area contributed by atoms with Crippen molar-refractivity contribution >= 4 is 17.3 Å². The average molecular weight is 1880 g/mol. The second-order valence-electron chi connectivity index (χ2n) is 54.5. The van der Waals surface area contributed by atoms with Gasteiger partial charge in [-0.15, -0.1) is 0 Å². The summed E-state index contributed by atoms with van der Waals surface area (Å²) in [6.45, 7) is 79.5. The molecule has 0 bridgehead atoms. The van der Waals surface area contributed by atoms with E-state index in [9.17, 15) is 24.6 Å². The van der Waals surface area contributed by atoms with Crippen LogP contribution in [0.3, 0.4) is 0 Å². The number of ketones is 3. The van der Waals surface area contributed by atoms with Crippen molar-refractivity contribution in [1.82, 2.24) is 48.9 Å². The highest BCUT2D eigenvalue weighted by Crippen LogP contribution is 2.69. The fraction of sp³-hybridized carbons (Fsp3) is 0.805. The molecule has 7 saturated carbocycles. The van der Waals surface area contributed by atoms with Crippen molar-refractivity contribution in [1.29, 1.82) is 0 Å². The molecule has 5 aromatic heterocycles. The third-order valence-electron chi connectivity index (χ3n) is 39.1. The van der Waals surface area contributed by atoms with Crippen LogP contribution in [-0.4, -0.2) is 152 Å². The molecule has 16 aliphatic rings. The van der Waals surface area contributed by atoms with E-state index >= 15 is 0 Å². The van der Waals surface area contributed by atoms with Gasteiger partial charge in [0, 0.05) is 133 Å². The Balaban J connectivity index is 0.000000119. The highest BCUT2D eigenvalue weighted by Gasteiger charge is 2.70. The van der Waals surface area contributed by atoms with Crippen molar-refractivity contribution in [3.8, 4) is 0 Å². The van der Waals surface area contributed by atoms with Crippen LogP contribution in [0.15, 0.2) is 54.7 Å². The zero-order chi connectivity index (χ0) is 99.6. The van der Waals surface area contributed by atoms with Crippen molar-refractivity contribution in [3.05, 3.63) is 111 Å². The molecular formula is C113H176N10O13. The Morgan fingerprint density at radius 1 is 0.324 bits per heavy atom. The van der Waals surface area contributed by atoms with Gasteiger partial charge < -0.3 is 48.1 Å². The number of hydrogen-bond donors (Lipinski definition) is 2. The summed E-state index contributed by atoms with van der Waals surface area (Å²) in [5.74, 6) is 1.44. The monoisotopic (exact) mass is 1880 g/mol.